The van der Waals surface area contributed by atoms with E-state index in [9.17, 15) is 4.39 Å². The van der Waals surface area contributed by atoms with Gasteiger partial charge in [-0.2, -0.15) is 11.8 Å². The lowest BCUT2D eigenvalue weighted by Crippen LogP contribution is -1.97. The average molecular weight is 199 g/mol. The van der Waals surface area contributed by atoms with Crippen molar-refractivity contribution >= 4 is 17.4 Å². The van der Waals surface area contributed by atoms with Crippen molar-refractivity contribution in [3.63, 3.8) is 0 Å². The molecule has 0 saturated heterocycles. The maximum absolute atomic E-state index is 12.9. The molecule has 0 saturated carbocycles. The number of hydrogen-bond acceptors (Lipinski definition) is 2. The van der Waals surface area contributed by atoms with Crippen LogP contribution in [0.4, 0.5) is 10.1 Å². The normalized spacial score (nSPS) is 12.8. The van der Waals surface area contributed by atoms with Gasteiger partial charge in [-0.3, -0.25) is 0 Å². The number of nitrogen functional groups attached to an aromatic ring is 1. The lowest BCUT2D eigenvalue weighted by Gasteiger charge is -2.12. The average Bonchev–Trinajstić information content (AvgIpc) is 2.09. The Balaban J connectivity index is 2.91. The second-order valence-corrected chi connectivity index (χ2v) is 4.49. The molecule has 1 rings (SSSR count). The molecular weight excluding hydrogens is 185 g/mol. The molecule has 2 N–H and O–H groups in total. The largest absolute Gasteiger partial charge is 0.398 e. The second kappa shape index (κ2) is 4.51. The Morgan fingerprint density at radius 1 is 1.54 bits per heavy atom. The molecule has 0 spiro atoms. The summed E-state index contributed by atoms with van der Waals surface area (Å²) in [7, 11) is 0. The molecule has 3 heteroatoms. The molecule has 1 aromatic rings. The molecule has 1 aromatic carbocycles. The van der Waals surface area contributed by atoms with Gasteiger partial charge in [-0.25, -0.2) is 4.39 Å². The number of nitrogens with two attached hydrogens (primary N) is 1. The Morgan fingerprint density at radius 3 is 2.85 bits per heavy atom. The molecule has 13 heavy (non-hydrogen) atoms. The molecule has 1 atom stereocenters. The molecule has 0 radical (unpaired) electrons. The topological polar surface area (TPSA) is 26.0 Å². The summed E-state index contributed by atoms with van der Waals surface area (Å²) in [4.78, 5) is 0. The maximum Gasteiger partial charge on any atom is 0.123 e. The van der Waals surface area contributed by atoms with Gasteiger partial charge in [0.1, 0.15) is 5.82 Å². The van der Waals surface area contributed by atoms with E-state index in [1.165, 1.54) is 12.1 Å². The van der Waals surface area contributed by atoms with Gasteiger partial charge in [0.15, 0.2) is 0 Å². The first kappa shape index (κ1) is 10.4. The molecule has 1 unspecified atom stereocenters. The highest BCUT2D eigenvalue weighted by atomic mass is 32.2. The van der Waals surface area contributed by atoms with Crippen LogP contribution in [-0.4, -0.2) is 5.75 Å². The molecule has 0 aliphatic rings. The third-order valence-electron chi connectivity index (χ3n) is 1.90. The van der Waals surface area contributed by atoms with Gasteiger partial charge < -0.3 is 5.73 Å². The number of thioether (sulfide) groups is 1. The fraction of sp³-hybridized carbons (Fsp3) is 0.400. The molecular formula is C10H14FNS. The summed E-state index contributed by atoms with van der Waals surface area (Å²) in [5.74, 6) is 0.796. The Kier molecular flexibility index (Phi) is 3.60. The third kappa shape index (κ3) is 2.62. The van der Waals surface area contributed by atoms with Crippen molar-refractivity contribution in [2.75, 3.05) is 11.5 Å². The fourth-order valence-electron chi connectivity index (χ4n) is 1.24. The van der Waals surface area contributed by atoms with E-state index in [-0.39, 0.29) is 11.1 Å². The molecule has 0 amide bonds. The minimum absolute atomic E-state index is 0.215. The lowest BCUT2D eigenvalue weighted by atomic mass is 10.1. The predicted octanol–water partition coefficient (Wildman–Crippen LogP) is 3.22. The Morgan fingerprint density at radius 2 is 2.23 bits per heavy atom. The van der Waals surface area contributed by atoms with Crippen LogP contribution >= 0.6 is 11.8 Å². The van der Waals surface area contributed by atoms with Crippen LogP contribution in [0.5, 0.6) is 0 Å². The SMILES string of the molecule is CCSC(C)c1cc(F)ccc1N. The van der Waals surface area contributed by atoms with E-state index in [4.69, 9.17) is 5.73 Å². The molecule has 0 heterocycles. The predicted molar refractivity (Wildman–Crippen MR) is 57.4 cm³/mol. The highest BCUT2D eigenvalue weighted by molar-refractivity contribution is 7.99. The molecule has 0 aliphatic heterocycles. The summed E-state index contributed by atoms with van der Waals surface area (Å²) in [5, 5.41) is 0.265. The van der Waals surface area contributed by atoms with E-state index >= 15 is 0 Å². The van der Waals surface area contributed by atoms with E-state index < -0.39 is 0 Å². The van der Waals surface area contributed by atoms with E-state index in [0.717, 1.165) is 11.3 Å². The zero-order chi connectivity index (χ0) is 9.84. The number of halogens is 1. The summed E-state index contributed by atoms with van der Waals surface area (Å²) in [6.07, 6.45) is 0. The number of anilines is 1. The zero-order valence-electron chi connectivity index (χ0n) is 7.88. The van der Waals surface area contributed by atoms with Crippen molar-refractivity contribution in [1.82, 2.24) is 0 Å². The highest BCUT2D eigenvalue weighted by Gasteiger charge is 2.09. The van der Waals surface area contributed by atoms with Crippen molar-refractivity contribution < 1.29 is 4.39 Å². The van der Waals surface area contributed by atoms with Crippen LogP contribution in [0.3, 0.4) is 0 Å². The number of hydrogen-bond donors (Lipinski definition) is 1. The molecule has 0 aromatic heterocycles. The second-order valence-electron chi connectivity index (χ2n) is 2.87. The standard InChI is InChI=1S/C10H14FNS/c1-3-13-7(2)9-6-8(11)4-5-10(9)12/h4-7H,3,12H2,1-2H3. The fourth-order valence-corrected chi connectivity index (χ4v) is 2.12. The third-order valence-corrected chi connectivity index (χ3v) is 2.99. The quantitative estimate of drug-likeness (QED) is 0.756. The summed E-state index contributed by atoms with van der Waals surface area (Å²) in [6, 6.07) is 4.53. The van der Waals surface area contributed by atoms with Crippen LogP contribution < -0.4 is 5.73 Å². The summed E-state index contributed by atoms with van der Waals surface area (Å²) in [5.41, 5.74) is 7.31. The highest BCUT2D eigenvalue weighted by Crippen LogP contribution is 2.31. The molecule has 0 fully saturated rings. The minimum Gasteiger partial charge on any atom is -0.398 e. The lowest BCUT2D eigenvalue weighted by molar-refractivity contribution is 0.626. The first-order valence-electron chi connectivity index (χ1n) is 4.31. The van der Waals surface area contributed by atoms with Crippen LogP contribution in [0.1, 0.15) is 24.7 Å². The van der Waals surface area contributed by atoms with Crippen molar-refractivity contribution in [3.05, 3.63) is 29.6 Å². The van der Waals surface area contributed by atoms with E-state index in [2.05, 4.69) is 6.92 Å². The first-order chi connectivity index (χ1) is 6.15. The van der Waals surface area contributed by atoms with Crippen LogP contribution in [0.25, 0.3) is 0 Å². The Labute approximate surface area is 82.5 Å². The van der Waals surface area contributed by atoms with E-state index in [1.54, 1.807) is 17.8 Å². The Hall–Kier alpha value is -0.700. The first-order valence-corrected chi connectivity index (χ1v) is 5.36. The number of rotatable bonds is 3. The van der Waals surface area contributed by atoms with Crippen LogP contribution in [0, 0.1) is 5.82 Å². The van der Waals surface area contributed by atoms with Crippen molar-refractivity contribution in [1.29, 1.82) is 0 Å². The summed E-state index contributed by atoms with van der Waals surface area (Å²) < 4.78 is 12.9. The van der Waals surface area contributed by atoms with Gasteiger partial charge in [-0.05, 0) is 36.4 Å². The molecule has 0 bridgehead atoms. The molecule has 1 nitrogen and oxygen atoms in total. The Bertz CT molecular complexity index is 288. The number of benzene rings is 1. The van der Waals surface area contributed by atoms with Gasteiger partial charge in [0, 0.05) is 10.9 Å². The van der Waals surface area contributed by atoms with Crippen molar-refractivity contribution in [2.24, 2.45) is 0 Å². The van der Waals surface area contributed by atoms with Crippen LogP contribution in [0.2, 0.25) is 0 Å². The molecule has 0 aliphatic carbocycles. The zero-order valence-corrected chi connectivity index (χ0v) is 8.70. The van der Waals surface area contributed by atoms with Gasteiger partial charge in [0.2, 0.25) is 0 Å². The van der Waals surface area contributed by atoms with Crippen LogP contribution in [0.15, 0.2) is 18.2 Å². The summed E-state index contributed by atoms with van der Waals surface area (Å²) >= 11 is 1.76. The van der Waals surface area contributed by atoms with Gasteiger partial charge >= 0.3 is 0 Å². The van der Waals surface area contributed by atoms with Gasteiger partial charge in [-0.1, -0.05) is 6.92 Å². The van der Waals surface area contributed by atoms with Gasteiger partial charge in [0.05, 0.1) is 0 Å². The van der Waals surface area contributed by atoms with E-state index in [0.29, 0.717) is 5.69 Å². The van der Waals surface area contributed by atoms with Crippen LogP contribution in [-0.2, 0) is 0 Å². The molecule has 72 valence electrons. The van der Waals surface area contributed by atoms with Crippen molar-refractivity contribution in [2.45, 2.75) is 19.1 Å². The van der Waals surface area contributed by atoms with Crippen molar-refractivity contribution in [3.8, 4) is 0 Å². The maximum atomic E-state index is 12.9. The summed E-state index contributed by atoms with van der Waals surface area (Å²) in [6.45, 7) is 4.12. The van der Waals surface area contributed by atoms with Gasteiger partial charge in [-0.15, -0.1) is 0 Å². The minimum atomic E-state index is -0.215. The smallest absolute Gasteiger partial charge is 0.123 e. The van der Waals surface area contributed by atoms with E-state index in [1.807, 2.05) is 6.92 Å². The monoisotopic (exact) mass is 199 g/mol. The van der Waals surface area contributed by atoms with Gasteiger partial charge in [0.25, 0.3) is 0 Å².